The van der Waals surface area contributed by atoms with E-state index in [1.54, 1.807) is 0 Å². The van der Waals surface area contributed by atoms with Gasteiger partial charge in [0.05, 0.1) is 11.4 Å². The zero-order chi connectivity index (χ0) is 14.3. The number of carbonyl (C=O) groups is 1. The molecule has 1 heterocycles. The SMILES string of the molecule is Cc1ccc2c(c1Br)C(=Nc1ccc(F)cc1)C(=O)N2. The average Bonchev–Trinajstić information content (AvgIpc) is 2.74. The summed E-state index contributed by atoms with van der Waals surface area (Å²) in [5, 5.41) is 2.77. The van der Waals surface area contributed by atoms with Gasteiger partial charge in [0.2, 0.25) is 0 Å². The number of nitrogens with zero attached hydrogens (tertiary/aromatic N) is 1. The van der Waals surface area contributed by atoms with Crippen molar-refractivity contribution >= 4 is 38.9 Å². The van der Waals surface area contributed by atoms with E-state index in [1.165, 1.54) is 24.3 Å². The van der Waals surface area contributed by atoms with Crippen LogP contribution in [-0.4, -0.2) is 11.6 Å². The van der Waals surface area contributed by atoms with Gasteiger partial charge < -0.3 is 5.32 Å². The minimum atomic E-state index is -0.331. The number of anilines is 1. The predicted octanol–water partition coefficient (Wildman–Crippen LogP) is 3.97. The topological polar surface area (TPSA) is 41.5 Å². The van der Waals surface area contributed by atoms with Crippen LogP contribution < -0.4 is 5.32 Å². The Morgan fingerprint density at radius 3 is 2.55 bits per heavy atom. The van der Waals surface area contributed by atoms with Crippen molar-refractivity contribution in [3.8, 4) is 0 Å². The Morgan fingerprint density at radius 2 is 1.85 bits per heavy atom. The fraction of sp³-hybridized carbons (Fsp3) is 0.0667. The molecular weight excluding hydrogens is 323 g/mol. The molecule has 3 rings (SSSR count). The lowest BCUT2D eigenvalue weighted by atomic mass is 10.1. The van der Waals surface area contributed by atoms with Crippen molar-refractivity contribution in [1.29, 1.82) is 0 Å². The van der Waals surface area contributed by atoms with Gasteiger partial charge in [-0.15, -0.1) is 0 Å². The molecule has 0 saturated heterocycles. The summed E-state index contributed by atoms with van der Waals surface area (Å²) in [6, 6.07) is 9.48. The standard InChI is InChI=1S/C15H10BrFN2O/c1-8-2-7-11-12(13(8)16)14(15(20)19-11)18-10-5-3-9(17)4-6-10/h2-7H,1H3,(H,18,19,20). The Kier molecular flexibility index (Phi) is 3.14. The summed E-state index contributed by atoms with van der Waals surface area (Å²) in [5.74, 6) is -0.585. The van der Waals surface area contributed by atoms with Gasteiger partial charge in [0.15, 0.2) is 0 Å². The van der Waals surface area contributed by atoms with Gasteiger partial charge in [-0.25, -0.2) is 9.38 Å². The van der Waals surface area contributed by atoms with Crippen LogP contribution in [0.3, 0.4) is 0 Å². The first-order valence-electron chi connectivity index (χ1n) is 6.01. The van der Waals surface area contributed by atoms with Crippen LogP contribution in [0.5, 0.6) is 0 Å². The molecule has 0 radical (unpaired) electrons. The van der Waals surface area contributed by atoms with Crippen molar-refractivity contribution in [1.82, 2.24) is 0 Å². The molecule has 0 bridgehead atoms. The Bertz CT molecular complexity index is 738. The van der Waals surface area contributed by atoms with E-state index >= 15 is 0 Å². The second-order valence-electron chi connectivity index (χ2n) is 4.51. The highest BCUT2D eigenvalue weighted by atomic mass is 79.9. The highest BCUT2D eigenvalue weighted by Crippen LogP contribution is 2.34. The van der Waals surface area contributed by atoms with E-state index in [4.69, 9.17) is 0 Å². The number of halogens is 2. The zero-order valence-electron chi connectivity index (χ0n) is 10.6. The Labute approximate surface area is 123 Å². The maximum Gasteiger partial charge on any atom is 0.275 e. The van der Waals surface area contributed by atoms with Crippen LogP contribution in [0.15, 0.2) is 45.9 Å². The van der Waals surface area contributed by atoms with E-state index in [-0.39, 0.29) is 11.7 Å². The quantitative estimate of drug-likeness (QED) is 0.843. The summed E-state index contributed by atoms with van der Waals surface area (Å²) < 4.78 is 13.7. The molecule has 0 aliphatic carbocycles. The molecule has 0 aromatic heterocycles. The third-order valence-corrected chi connectivity index (χ3v) is 4.12. The summed E-state index contributed by atoms with van der Waals surface area (Å²) in [4.78, 5) is 16.4. The number of aliphatic imine (C=N–C) groups is 1. The minimum Gasteiger partial charge on any atom is -0.320 e. The molecule has 1 aliphatic heterocycles. The number of nitrogens with one attached hydrogen (secondary N) is 1. The molecule has 2 aromatic carbocycles. The highest BCUT2D eigenvalue weighted by Gasteiger charge is 2.28. The molecule has 0 spiro atoms. The van der Waals surface area contributed by atoms with Crippen molar-refractivity contribution in [2.24, 2.45) is 4.99 Å². The number of hydrogen-bond acceptors (Lipinski definition) is 2. The monoisotopic (exact) mass is 332 g/mol. The maximum absolute atomic E-state index is 12.9. The predicted molar refractivity (Wildman–Crippen MR) is 80.1 cm³/mol. The molecule has 0 unspecified atom stereocenters. The lowest BCUT2D eigenvalue weighted by Crippen LogP contribution is -2.14. The van der Waals surface area contributed by atoms with Crippen molar-refractivity contribution < 1.29 is 9.18 Å². The third kappa shape index (κ3) is 2.14. The second kappa shape index (κ2) is 4.83. The van der Waals surface area contributed by atoms with E-state index in [0.717, 1.165) is 21.3 Å². The van der Waals surface area contributed by atoms with Crippen molar-refractivity contribution in [3.05, 3.63) is 57.8 Å². The smallest absolute Gasteiger partial charge is 0.275 e. The number of benzene rings is 2. The summed E-state index contributed by atoms with van der Waals surface area (Å²) in [5.41, 5.74) is 3.37. The number of aryl methyl sites for hydroxylation is 1. The first-order chi connectivity index (χ1) is 9.56. The Morgan fingerprint density at radius 1 is 1.15 bits per heavy atom. The average molecular weight is 333 g/mol. The molecule has 0 fully saturated rings. The van der Waals surface area contributed by atoms with Crippen LogP contribution >= 0.6 is 15.9 Å². The molecular formula is C15H10BrFN2O. The van der Waals surface area contributed by atoms with Gasteiger partial charge in [-0.2, -0.15) is 0 Å². The second-order valence-corrected chi connectivity index (χ2v) is 5.30. The van der Waals surface area contributed by atoms with Crippen LogP contribution in [-0.2, 0) is 4.79 Å². The van der Waals surface area contributed by atoms with Gasteiger partial charge in [0.25, 0.3) is 5.91 Å². The number of rotatable bonds is 1. The van der Waals surface area contributed by atoms with Crippen LogP contribution in [0, 0.1) is 12.7 Å². The lowest BCUT2D eigenvalue weighted by molar-refractivity contribution is -0.110. The van der Waals surface area contributed by atoms with Gasteiger partial charge in [-0.3, -0.25) is 4.79 Å². The first-order valence-corrected chi connectivity index (χ1v) is 6.80. The maximum atomic E-state index is 12.9. The van der Waals surface area contributed by atoms with E-state index in [0.29, 0.717) is 11.4 Å². The number of hydrogen-bond donors (Lipinski definition) is 1. The van der Waals surface area contributed by atoms with Crippen LogP contribution in [0.1, 0.15) is 11.1 Å². The summed E-state index contributed by atoms with van der Waals surface area (Å²) in [6.07, 6.45) is 0. The highest BCUT2D eigenvalue weighted by molar-refractivity contribution is 9.10. The van der Waals surface area contributed by atoms with Gasteiger partial charge in [-0.1, -0.05) is 6.07 Å². The molecule has 5 heteroatoms. The molecule has 100 valence electrons. The van der Waals surface area contributed by atoms with Crippen LogP contribution in [0.4, 0.5) is 15.8 Å². The third-order valence-electron chi connectivity index (χ3n) is 3.10. The van der Waals surface area contributed by atoms with Crippen LogP contribution in [0.25, 0.3) is 0 Å². The summed E-state index contributed by atoms with van der Waals surface area (Å²) >= 11 is 3.49. The van der Waals surface area contributed by atoms with Gasteiger partial charge in [0, 0.05) is 10.0 Å². The summed E-state index contributed by atoms with van der Waals surface area (Å²) in [7, 11) is 0. The number of carbonyl (C=O) groups excluding carboxylic acids is 1. The van der Waals surface area contributed by atoms with E-state index < -0.39 is 0 Å². The molecule has 1 aliphatic rings. The Hall–Kier alpha value is -2.01. The number of fused-ring (bicyclic) bond motifs is 1. The van der Waals surface area contributed by atoms with Gasteiger partial charge in [-0.05, 0) is 58.7 Å². The van der Waals surface area contributed by atoms with Crippen molar-refractivity contribution in [2.75, 3.05) is 5.32 Å². The van der Waals surface area contributed by atoms with Gasteiger partial charge >= 0.3 is 0 Å². The zero-order valence-corrected chi connectivity index (χ0v) is 12.2. The molecule has 0 atom stereocenters. The normalized spacial score (nSPS) is 15.3. The van der Waals surface area contributed by atoms with Gasteiger partial charge in [0.1, 0.15) is 11.5 Å². The lowest BCUT2D eigenvalue weighted by Gasteiger charge is -2.04. The molecule has 3 nitrogen and oxygen atoms in total. The minimum absolute atomic E-state index is 0.254. The molecule has 0 saturated carbocycles. The fourth-order valence-corrected chi connectivity index (χ4v) is 2.60. The van der Waals surface area contributed by atoms with Crippen molar-refractivity contribution in [2.45, 2.75) is 6.92 Å². The summed E-state index contributed by atoms with van der Waals surface area (Å²) in [6.45, 7) is 1.95. The Balaban J connectivity index is 2.14. The largest absolute Gasteiger partial charge is 0.320 e. The molecule has 20 heavy (non-hydrogen) atoms. The fourth-order valence-electron chi connectivity index (χ4n) is 2.06. The van der Waals surface area contributed by atoms with Crippen LogP contribution in [0.2, 0.25) is 0 Å². The van der Waals surface area contributed by atoms with E-state index in [1.807, 2.05) is 19.1 Å². The van der Waals surface area contributed by atoms with E-state index in [2.05, 4.69) is 26.2 Å². The first kappa shape index (κ1) is 13.0. The molecule has 2 aromatic rings. The molecule has 1 N–H and O–H groups in total. The number of amides is 1. The van der Waals surface area contributed by atoms with Crippen molar-refractivity contribution in [3.63, 3.8) is 0 Å². The molecule has 1 amide bonds. The van der Waals surface area contributed by atoms with E-state index in [9.17, 15) is 9.18 Å².